The summed E-state index contributed by atoms with van der Waals surface area (Å²) in [6.07, 6.45) is 2.08. The van der Waals surface area contributed by atoms with E-state index in [9.17, 15) is 35.9 Å². The number of nitrogens with one attached hydrogen (secondary N) is 2. The van der Waals surface area contributed by atoms with Crippen LogP contribution in [0, 0.1) is 11.6 Å². The summed E-state index contributed by atoms with van der Waals surface area (Å²) in [4.78, 5) is 29.8. The summed E-state index contributed by atoms with van der Waals surface area (Å²) >= 11 is 0. The van der Waals surface area contributed by atoms with E-state index in [1.807, 2.05) is 4.72 Å². The van der Waals surface area contributed by atoms with Gasteiger partial charge < -0.3 is 15.3 Å². The molecule has 2 aromatic carbocycles. The van der Waals surface area contributed by atoms with Crippen molar-refractivity contribution in [2.75, 3.05) is 28.9 Å². The van der Waals surface area contributed by atoms with E-state index in [1.54, 1.807) is 31.2 Å². The van der Waals surface area contributed by atoms with Gasteiger partial charge in [-0.05, 0) is 54.8 Å². The minimum absolute atomic E-state index is 0.00175. The summed E-state index contributed by atoms with van der Waals surface area (Å²) in [6.45, 7) is 1.78. The molecule has 16 heteroatoms. The van der Waals surface area contributed by atoms with Gasteiger partial charge in [-0.2, -0.15) is 0 Å². The number of benzene rings is 2. The highest BCUT2D eigenvalue weighted by molar-refractivity contribution is 7.92. The third-order valence-electron chi connectivity index (χ3n) is 7.00. The van der Waals surface area contributed by atoms with Crippen LogP contribution < -0.4 is 10.0 Å². The van der Waals surface area contributed by atoms with Crippen LogP contribution in [0.1, 0.15) is 35.8 Å². The Bertz CT molecular complexity index is 2070. The lowest BCUT2D eigenvalue weighted by atomic mass is 10.1. The molecule has 0 saturated heterocycles. The standard InChI is InChI=1S/C29H27F2N5O7S2/c1-2-14-44(40,41)34-23-9-8-22(30)25(26(23)31)28(37)33-20-15-19-16-24(18-10-12-35(13-11-18)29(38)39)36(27(19)32-17-20)45(42,43)21-6-4-3-5-7-21/h3-10,15-17,34H,2,11-14H2,1H3,(H,33,37)(H,38,39). The van der Waals surface area contributed by atoms with Crippen LogP contribution in [0.2, 0.25) is 0 Å². The Morgan fingerprint density at radius 1 is 1.04 bits per heavy atom. The molecular weight excluding hydrogens is 632 g/mol. The second-order valence-electron chi connectivity index (χ2n) is 10.1. The first-order valence-corrected chi connectivity index (χ1v) is 16.7. The zero-order valence-corrected chi connectivity index (χ0v) is 25.3. The maximum Gasteiger partial charge on any atom is 0.407 e. The van der Waals surface area contributed by atoms with E-state index in [1.165, 1.54) is 29.2 Å². The van der Waals surface area contributed by atoms with Crippen molar-refractivity contribution >= 4 is 60.0 Å². The van der Waals surface area contributed by atoms with Gasteiger partial charge in [0.2, 0.25) is 10.0 Å². The van der Waals surface area contributed by atoms with E-state index < -0.39 is 54.9 Å². The number of sulfonamides is 1. The molecule has 2 aromatic heterocycles. The molecule has 3 N–H and O–H groups in total. The van der Waals surface area contributed by atoms with Crippen LogP contribution in [0.4, 0.5) is 25.0 Å². The number of halogens is 2. The van der Waals surface area contributed by atoms with Crippen molar-refractivity contribution in [2.45, 2.75) is 24.7 Å². The van der Waals surface area contributed by atoms with Crippen LogP contribution in [-0.2, 0) is 20.0 Å². The van der Waals surface area contributed by atoms with E-state index in [-0.39, 0.29) is 59.0 Å². The number of carbonyl (C=O) groups is 2. The van der Waals surface area contributed by atoms with E-state index in [0.717, 1.165) is 22.3 Å². The van der Waals surface area contributed by atoms with Gasteiger partial charge in [-0.15, -0.1) is 0 Å². The third-order valence-corrected chi connectivity index (χ3v) is 10.2. The maximum absolute atomic E-state index is 15.2. The van der Waals surface area contributed by atoms with E-state index in [0.29, 0.717) is 5.57 Å². The molecule has 4 aromatic rings. The monoisotopic (exact) mass is 659 g/mol. The predicted octanol–water partition coefficient (Wildman–Crippen LogP) is 4.72. The number of nitrogens with zero attached hydrogens (tertiary/aromatic N) is 3. The van der Waals surface area contributed by atoms with Crippen LogP contribution in [0.5, 0.6) is 0 Å². The normalized spacial score (nSPS) is 13.8. The molecule has 1 aliphatic heterocycles. The number of fused-ring (bicyclic) bond motifs is 1. The Morgan fingerprint density at radius 2 is 1.78 bits per heavy atom. The second kappa shape index (κ2) is 12.3. The number of hydrogen-bond acceptors (Lipinski definition) is 7. The highest BCUT2D eigenvalue weighted by Gasteiger charge is 2.28. The summed E-state index contributed by atoms with van der Waals surface area (Å²) in [5.74, 6) is -4.20. The number of hydrogen-bond donors (Lipinski definition) is 3. The van der Waals surface area contributed by atoms with Gasteiger partial charge in [0.05, 0.1) is 33.9 Å². The Labute approximate surface area is 257 Å². The number of carbonyl (C=O) groups excluding carboxylic acids is 1. The summed E-state index contributed by atoms with van der Waals surface area (Å²) in [7, 11) is -8.14. The van der Waals surface area contributed by atoms with Gasteiger partial charge >= 0.3 is 6.09 Å². The predicted molar refractivity (Wildman–Crippen MR) is 163 cm³/mol. The van der Waals surface area contributed by atoms with Crippen molar-refractivity contribution in [2.24, 2.45) is 0 Å². The molecule has 12 nitrogen and oxygen atoms in total. The van der Waals surface area contributed by atoms with Gasteiger partial charge in [-0.3, -0.25) is 9.52 Å². The lowest BCUT2D eigenvalue weighted by Crippen LogP contribution is -2.33. The van der Waals surface area contributed by atoms with E-state index >= 15 is 4.39 Å². The Hall–Kier alpha value is -4.83. The number of anilines is 2. The summed E-state index contributed by atoms with van der Waals surface area (Å²) in [5, 5.41) is 11.9. The van der Waals surface area contributed by atoms with Gasteiger partial charge in [-0.25, -0.2) is 39.4 Å². The lowest BCUT2D eigenvalue weighted by molar-refractivity contribution is 0.101. The fourth-order valence-corrected chi connectivity index (χ4v) is 7.55. The van der Waals surface area contributed by atoms with Crippen LogP contribution in [-0.4, -0.2) is 66.6 Å². The topological polar surface area (TPSA) is 168 Å². The largest absolute Gasteiger partial charge is 0.465 e. The minimum atomic E-state index is -4.21. The van der Waals surface area contributed by atoms with Gasteiger partial charge in [0.15, 0.2) is 11.5 Å². The van der Waals surface area contributed by atoms with Crippen molar-refractivity contribution in [3.05, 3.63) is 89.8 Å². The molecule has 0 spiro atoms. The number of rotatable bonds is 9. The zero-order valence-electron chi connectivity index (χ0n) is 23.7. The maximum atomic E-state index is 15.2. The van der Waals surface area contributed by atoms with Crippen molar-refractivity contribution in [1.82, 2.24) is 13.9 Å². The highest BCUT2D eigenvalue weighted by atomic mass is 32.2. The van der Waals surface area contributed by atoms with Gasteiger partial charge in [-0.1, -0.05) is 31.2 Å². The molecule has 0 fully saturated rings. The molecule has 0 radical (unpaired) electrons. The first-order chi connectivity index (χ1) is 21.3. The Morgan fingerprint density at radius 3 is 2.42 bits per heavy atom. The van der Waals surface area contributed by atoms with Crippen molar-refractivity contribution < 1.29 is 40.3 Å². The Kier molecular flexibility index (Phi) is 8.62. The first kappa shape index (κ1) is 31.6. The molecule has 236 valence electrons. The SMILES string of the molecule is CCCS(=O)(=O)Nc1ccc(F)c(C(=O)Nc2cnc3c(c2)cc(C2=CCN(C(=O)O)CC2)n3S(=O)(=O)c2ccccc2)c1F. The lowest BCUT2D eigenvalue weighted by Gasteiger charge is -2.24. The number of pyridine rings is 1. The molecule has 2 amide bonds. The third kappa shape index (κ3) is 6.37. The average Bonchev–Trinajstić information content (AvgIpc) is 3.39. The number of amides is 2. The fraction of sp³-hybridized carbons (Fsp3) is 0.207. The van der Waals surface area contributed by atoms with E-state index in [4.69, 9.17) is 0 Å². The average molecular weight is 660 g/mol. The smallest absolute Gasteiger partial charge is 0.407 e. The molecule has 0 saturated carbocycles. The van der Waals surface area contributed by atoms with Gasteiger partial charge in [0.25, 0.3) is 15.9 Å². The number of aromatic nitrogens is 2. The van der Waals surface area contributed by atoms with E-state index in [2.05, 4.69) is 10.3 Å². The van der Waals surface area contributed by atoms with Crippen molar-refractivity contribution in [1.29, 1.82) is 0 Å². The molecule has 1 aliphatic rings. The van der Waals surface area contributed by atoms with Crippen LogP contribution in [0.3, 0.4) is 0 Å². The zero-order chi connectivity index (χ0) is 32.5. The molecule has 5 rings (SSSR count). The van der Waals surface area contributed by atoms with Gasteiger partial charge in [0, 0.05) is 18.5 Å². The molecule has 45 heavy (non-hydrogen) atoms. The van der Waals surface area contributed by atoms with Crippen molar-refractivity contribution in [3.8, 4) is 0 Å². The van der Waals surface area contributed by atoms with Crippen LogP contribution >= 0.6 is 0 Å². The van der Waals surface area contributed by atoms with Gasteiger partial charge in [0.1, 0.15) is 11.4 Å². The fourth-order valence-electron chi connectivity index (χ4n) is 4.90. The van der Waals surface area contributed by atoms with Crippen molar-refractivity contribution in [3.63, 3.8) is 0 Å². The molecule has 0 unspecified atom stereocenters. The molecule has 0 bridgehead atoms. The molecule has 3 heterocycles. The molecule has 0 aliphatic carbocycles. The molecule has 0 atom stereocenters. The summed E-state index contributed by atoms with van der Waals surface area (Å²) in [6, 6.07) is 12.1. The number of carboxylic acid groups (broad SMARTS) is 1. The van der Waals surface area contributed by atoms with Crippen LogP contribution in [0.15, 0.2) is 71.8 Å². The Balaban J connectivity index is 1.55. The van der Waals surface area contributed by atoms with Crippen LogP contribution in [0.25, 0.3) is 16.6 Å². The second-order valence-corrected chi connectivity index (χ2v) is 13.7. The first-order valence-electron chi connectivity index (χ1n) is 13.6. The minimum Gasteiger partial charge on any atom is -0.465 e. The summed E-state index contributed by atoms with van der Waals surface area (Å²) in [5.41, 5.74) is -0.872. The quantitative estimate of drug-likeness (QED) is 0.232. The highest BCUT2D eigenvalue weighted by Crippen LogP contribution is 2.33. The molecular formula is C29H27F2N5O7S2. The summed E-state index contributed by atoms with van der Waals surface area (Å²) < 4.78 is 84.8.